The van der Waals surface area contributed by atoms with Gasteiger partial charge in [-0.05, 0) is 48.4 Å². The average molecular weight is 190 g/mol. The molecule has 0 radical (unpaired) electrons. The van der Waals surface area contributed by atoms with Gasteiger partial charge in [0.2, 0.25) is 0 Å². The molecule has 1 N–H and O–H groups in total. The van der Waals surface area contributed by atoms with Gasteiger partial charge in [0.15, 0.2) is 0 Å². The van der Waals surface area contributed by atoms with E-state index in [-0.39, 0.29) is 0 Å². The Kier molecular flexibility index (Phi) is 2.28. The predicted molar refractivity (Wildman–Crippen MR) is 54.8 cm³/mol. The summed E-state index contributed by atoms with van der Waals surface area (Å²) in [5, 5.41) is 8.87. The molecule has 0 spiro atoms. The summed E-state index contributed by atoms with van der Waals surface area (Å²) in [4.78, 5) is 10.8. The summed E-state index contributed by atoms with van der Waals surface area (Å²) < 4.78 is 0. The molecule has 2 heteroatoms. The number of hydrogen-bond donors (Lipinski definition) is 1. The van der Waals surface area contributed by atoms with E-state index in [1.807, 2.05) is 12.1 Å². The Morgan fingerprint density at radius 2 is 2.29 bits per heavy atom. The lowest BCUT2D eigenvalue weighted by atomic mass is 9.83. The minimum absolute atomic E-state index is 0.414. The normalized spacial score (nSPS) is 20.2. The van der Waals surface area contributed by atoms with Gasteiger partial charge in [0.25, 0.3) is 0 Å². The lowest BCUT2D eigenvalue weighted by Gasteiger charge is -2.22. The van der Waals surface area contributed by atoms with Crippen LogP contribution >= 0.6 is 0 Å². The zero-order valence-electron chi connectivity index (χ0n) is 8.29. The van der Waals surface area contributed by atoms with Gasteiger partial charge in [0, 0.05) is 0 Å². The van der Waals surface area contributed by atoms with Crippen molar-refractivity contribution >= 4 is 5.97 Å². The van der Waals surface area contributed by atoms with Gasteiger partial charge in [0.1, 0.15) is 0 Å². The van der Waals surface area contributed by atoms with Gasteiger partial charge in [-0.3, -0.25) is 0 Å². The zero-order chi connectivity index (χ0) is 10.1. The fourth-order valence-electron chi connectivity index (χ4n) is 2.17. The van der Waals surface area contributed by atoms with Crippen LogP contribution in [0, 0.1) is 0 Å². The third-order valence-corrected chi connectivity index (χ3v) is 3.01. The van der Waals surface area contributed by atoms with Crippen LogP contribution in [0.4, 0.5) is 0 Å². The van der Waals surface area contributed by atoms with Crippen LogP contribution in [-0.4, -0.2) is 11.1 Å². The molecule has 0 bridgehead atoms. The van der Waals surface area contributed by atoms with Crippen LogP contribution in [0.15, 0.2) is 18.2 Å². The zero-order valence-corrected chi connectivity index (χ0v) is 8.29. The van der Waals surface area contributed by atoms with E-state index in [4.69, 9.17) is 5.11 Å². The fraction of sp³-hybridized carbons (Fsp3) is 0.417. The smallest absolute Gasteiger partial charge is 0.335 e. The summed E-state index contributed by atoms with van der Waals surface area (Å²) in [5.41, 5.74) is 2.97. The summed E-state index contributed by atoms with van der Waals surface area (Å²) in [5.74, 6) is -0.316. The Bertz CT molecular complexity index is 369. The third kappa shape index (κ3) is 1.52. The topological polar surface area (TPSA) is 37.3 Å². The molecular formula is C12H14O2. The van der Waals surface area contributed by atoms with Crippen LogP contribution < -0.4 is 0 Å². The van der Waals surface area contributed by atoms with E-state index in [1.165, 1.54) is 24.0 Å². The van der Waals surface area contributed by atoms with Crippen molar-refractivity contribution in [2.75, 3.05) is 0 Å². The number of fused-ring (bicyclic) bond motifs is 1. The van der Waals surface area contributed by atoms with E-state index in [0.717, 1.165) is 6.42 Å². The van der Waals surface area contributed by atoms with Crippen molar-refractivity contribution in [3.63, 3.8) is 0 Å². The minimum atomic E-state index is -0.828. The summed E-state index contributed by atoms with van der Waals surface area (Å²) in [6.45, 7) is 2.17. The monoisotopic (exact) mass is 190 g/mol. The quantitative estimate of drug-likeness (QED) is 0.739. The molecule has 0 aromatic heterocycles. The molecule has 0 aliphatic heterocycles. The van der Waals surface area contributed by atoms with Crippen LogP contribution in [0.5, 0.6) is 0 Å². The van der Waals surface area contributed by atoms with E-state index in [1.54, 1.807) is 6.07 Å². The molecule has 2 rings (SSSR count). The molecular weight excluding hydrogens is 176 g/mol. The largest absolute Gasteiger partial charge is 0.478 e. The van der Waals surface area contributed by atoms with Gasteiger partial charge >= 0.3 is 5.97 Å². The number of rotatable bonds is 1. The minimum Gasteiger partial charge on any atom is -0.478 e. The SMILES string of the molecule is C[C@@H]1CCCc2ccc(C(=O)O)cc21. The highest BCUT2D eigenvalue weighted by Crippen LogP contribution is 2.31. The number of benzene rings is 1. The van der Waals surface area contributed by atoms with Gasteiger partial charge < -0.3 is 5.11 Å². The number of carboxylic acid groups (broad SMARTS) is 1. The molecule has 1 aromatic rings. The number of carboxylic acids is 1. The van der Waals surface area contributed by atoms with Gasteiger partial charge in [-0.15, -0.1) is 0 Å². The third-order valence-electron chi connectivity index (χ3n) is 3.01. The number of aryl methyl sites for hydroxylation is 1. The molecule has 1 aromatic carbocycles. The lowest BCUT2D eigenvalue weighted by Crippen LogP contribution is -2.09. The molecule has 74 valence electrons. The highest BCUT2D eigenvalue weighted by atomic mass is 16.4. The van der Waals surface area contributed by atoms with Crippen LogP contribution in [0.3, 0.4) is 0 Å². The molecule has 1 atom stereocenters. The van der Waals surface area contributed by atoms with Crippen molar-refractivity contribution in [3.8, 4) is 0 Å². The molecule has 0 fully saturated rings. The highest BCUT2D eigenvalue weighted by molar-refractivity contribution is 5.88. The summed E-state index contributed by atoms with van der Waals surface area (Å²) in [6.07, 6.45) is 3.50. The van der Waals surface area contributed by atoms with Gasteiger partial charge in [0.05, 0.1) is 5.56 Å². The van der Waals surface area contributed by atoms with E-state index in [0.29, 0.717) is 11.5 Å². The molecule has 1 aliphatic rings. The van der Waals surface area contributed by atoms with E-state index in [2.05, 4.69) is 6.92 Å². The first-order valence-corrected chi connectivity index (χ1v) is 5.04. The van der Waals surface area contributed by atoms with E-state index in [9.17, 15) is 4.79 Å². The van der Waals surface area contributed by atoms with Crippen molar-refractivity contribution in [2.45, 2.75) is 32.1 Å². The second-order valence-corrected chi connectivity index (χ2v) is 4.01. The van der Waals surface area contributed by atoms with Gasteiger partial charge in [-0.25, -0.2) is 4.79 Å². The van der Waals surface area contributed by atoms with Crippen molar-refractivity contribution in [2.24, 2.45) is 0 Å². The first kappa shape index (κ1) is 9.25. The lowest BCUT2D eigenvalue weighted by molar-refractivity contribution is 0.0696. The summed E-state index contributed by atoms with van der Waals surface area (Å²) in [7, 11) is 0. The van der Waals surface area contributed by atoms with Crippen molar-refractivity contribution < 1.29 is 9.90 Å². The molecule has 0 heterocycles. The van der Waals surface area contributed by atoms with Crippen molar-refractivity contribution in [1.29, 1.82) is 0 Å². The fourth-order valence-corrected chi connectivity index (χ4v) is 2.17. The van der Waals surface area contributed by atoms with Gasteiger partial charge in [-0.2, -0.15) is 0 Å². The van der Waals surface area contributed by atoms with E-state index >= 15 is 0 Å². The van der Waals surface area contributed by atoms with Crippen LogP contribution in [0.1, 0.15) is 47.2 Å². The first-order chi connectivity index (χ1) is 6.68. The van der Waals surface area contributed by atoms with Crippen molar-refractivity contribution in [1.82, 2.24) is 0 Å². The molecule has 0 amide bonds. The second-order valence-electron chi connectivity index (χ2n) is 4.01. The maximum Gasteiger partial charge on any atom is 0.335 e. The van der Waals surface area contributed by atoms with Crippen LogP contribution in [0.25, 0.3) is 0 Å². The standard InChI is InChI=1S/C12H14O2/c1-8-3-2-4-9-5-6-10(12(13)14)7-11(8)9/h5-8H,2-4H2,1H3,(H,13,14)/t8-/m1/s1. The molecule has 0 saturated heterocycles. The van der Waals surface area contributed by atoms with Crippen LogP contribution in [-0.2, 0) is 6.42 Å². The van der Waals surface area contributed by atoms with E-state index < -0.39 is 5.97 Å². The number of hydrogen-bond acceptors (Lipinski definition) is 1. The molecule has 2 nitrogen and oxygen atoms in total. The summed E-state index contributed by atoms with van der Waals surface area (Å²) >= 11 is 0. The Balaban J connectivity index is 2.45. The Hall–Kier alpha value is -1.31. The Morgan fingerprint density at radius 3 is 3.00 bits per heavy atom. The molecule has 0 unspecified atom stereocenters. The molecule has 0 saturated carbocycles. The Morgan fingerprint density at radius 1 is 1.50 bits per heavy atom. The first-order valence-electron chi connectivity index (χ1n) is 5.04. The van der Waals surface area contributed by atoms with Gasteiger partial charge in [-0.1, -0.05) is 13.0 Å². The summed E-state index contributed by atoms with van der Waals surface area (Å²) in [6, 6.07) is 5.51. The average Bonchev–Trinajstić information content (AvgIpc) is 2.18. The maximum absolute atomic E-state index is 10.8. The van der Waals surface area contributed by atoms with Crippen molar-refractivity contribution in [3.05, 3.63) is 34.9 Å². The maximum atomic E-state index is 10.8. The predicted octanol–water partition coefficient (Wildman–Crippen LogP) is 2.82. The molecule has 14 heavy (non-hydrogen) atoms. The second kappa shape index (κ2) is 3.45. The Labute approximate surface area is 83.6 Å². The van der Waals surface area contributed by atoms with Crippen LogP contribution in [0.2, 0.25) is 0 Å². The highest BCUT2D eigenvalue weighted by Gasteiger charge is 2.17. The molecule has 1 aliphatic carbocycles. The number of aromatic carboxylic acids is 1. The number of carbonyl (C=O) groups is 1.